The van der Waals surface area contributed by atoms with Crippen LogP contribution in [0.2, 0.25) is 5.02 Å². The predicted molar refractivity (Wildman–Crippen MR) is 45.4 cm³/mol. The summed E-state index contributed by atoms with van der Waals surface area (Å²) in [7, 11) is 0. The van der Waals surface area contributed by atoms with Gasteiger partial charge in [-0.3, -0.25) is 15.0 Å². The van der Waals surface area contributed by atoms with E-state index >= 15 is 0 Å². The molecule has 0 aliphatic carbocycles. The van der Waals surface area contributed by atoms with Crippen molar-refractivity contribution in [3.8, 4) is 0 Å². The predicted octanol–water partition coefficient (Wildman–Crippen LogP) is 2.21. The van der Waals surface area contributed by atoms with E-state index < -0.39 is 4.92 Å². The lowest BCUT2D eigenvalue weighted by Gasteiger charge is -1.98. The number of aromatic nitrogens is 1. The molecule has 0 radical (unpaired) electrons. The van der Waals surface area contributed by atoms with Crippen LogP contribution in [-0.2, 0) is 0 Å². The van der Waals surface area contributed by atoms with Gasteiger partial charge in [0.25, 0.3) is 0 Å². The molecular formula is C5H3Cl2N3O2. The minimum absolute atomic E-state index is 0.00171. The van der Waals surface area contributed by atoms with Gasteiger partial charge in [0.1, 0.15) is 5.02 Å². The van der Waals surface area contributed by atoms with Crippen molar-refractivity contribution in [2.45, 2.75) is 0 Å². The van der Waals surface area contributed by atoms with Crippen LogP contribution < -0.4 is 4.84 Å². The molecule has 1 rings (SSSR count). The third-order valence-electron chi connectivity index (χ3n) is 1.15. The summed E-state index contributed by atoms with van der Waals surface area (Å²) in [4.78, 5) is 15.4. The third-order valence-corrected chi connectivity index (χ3v) is 1.63. The molecule has 0 spiro atoms. The van der Waals surface area contributed by atoms with E-state index in [-0.39, 0.29) is 16.5 Å². The Morgan fingerprint density at radius 3 is 2.75 bits per heavy atom. The Bertz CT molecular complexity index is 318. The lowest BCUT2D eigenvalue weighted by molar-refractivity contribution is -0.384. The fourth-order valence-corrected chi connectivity index (χ4v) is 1.03. The maximum atomic E-state index is 10.4. The Labute approximate surface area is 77.6 Å². The number of nitro groups is 1. The van der Waals surface area contributed by atoms with Gasteiger partial charge in [0, 0.05) is 18.0 Å². The van der Waals surface area contributed by atoms with Crippen molar-refractivity contribution in [2.75, 3.05) is 4.84 Å². The molecule has 5 nitrogen and oxygen atoms in total. The first kappa shape index (κ1) is 9.02. The van der Waals surface area contributed by atoms with Crippen molar-refractivity contribution in [1.82, 2.24) is 4.98 Å². The first-order valence-corrected chi connectivity index (χ1v) is 3.58. The van der Waals surface area contributed by atoms with Gasteiger partial charge >= 0.3 is 5.69 Å². The summed E-state index contributed by atoms with van der Waals surface area (Å²) in [6.45, 7) is 0. The number of pyridine rings is 1. The number of nitrogens with zero attached hydrogens (tertiary/aromatic N) is 2. The summed E-state index contributed by atoms with van der Waals surface area (Å²) in [6, 6.07) is 1.32. The molecule has 0 unspecified atom stereocenters. The van der Waals surface area contributed by atoms with Gasteiger partial charge in [-0.05, 0) is 6.07 Å². The second-order valence-electron chi connectivity index (χ2n) is 1.84. The molecule has 0 aliphatic heterocycles. The van der Waals surface area contributed by atoms with Crippen molar-refractivity contribution in [2.24, 2.45) is 0 Å². The van der Waals surface area contributed by atoms with Gasteiger partial charge in [-0.1, -0.05) is 11.6 Å². The maximum absolute atomic E-state index is 10.4. The highest BCUT2D eigenvalue weighted by Crippen LogP contribution is 2.30. The largest absolute Gasteiger partial charge is 0.331 e. The zero-order valence-electron chi connectivity index (χ0n) is 5.62. The highest BCUT2D eigenvalue weighted by Gasteiger charge is 2.18. The van der Waals surface area contributed by atoms with Gasteiger partial charge in [-0.25, -0.2) is 4.98 Å². The van der Waals surface area contributed by atoms with E-state index in [0.29, 0.717) is 0 Å². The lowest BCUT2D eigenvalue weighted by Crippen LogP contribution is -1.96. The number of anilines is 1. The minimum atomic E-state index is -0.653. The molecule has 0 aromatic carbocycles. The Morgan fingerprint density at radius 1 is 1.67 bits per heavy atom. The van der Waals surface area contributed by atoms with Gasteiger partial charge in [0.2, 0.25) is 5.82 Å². The molecule has 0 saturated heterocycles. The highest BCUT2D eigenvalue weighted by atomic mass is 35.5. The molecule has 1 aromatic rings. The second kappa shape index (κ2) is 3.55. The fraction of sp³-hybridized carbons (Fsp3) is 0. The van der Waals surface area contributed by atoms with E-state index in [9.17, 15) is 10.1 Å². The van der Waals surface area contributed by atoms with Crippen LogP contribution in [-0.4, -0.2) is 9.91 Å². The van der Waals surface area contributed by atoms with Crippen molar-refractivity contribution < 1.29 is 4.92 Å². The SMILES string of the molecule is O=[N+]([O-])c1c(Cl)ccnc1NCl. The van der Waals surface area contributed by atoms with E-state index in [2.05, 4.69) is 9.82 Å². The lowest BCUT2D eigenvalue weighted by atomic mass is 10.4. The summed E-state index contributed by atoms with van der Waals surface area (Å²) < 4.78 is 0. The highest BCUT2D eigenvalue weighted by molar-refractivity contribution is 6.33. The molecule has 0 aliphatic rings. The molecule has 0 atom stereocenters. The van der Waals surface area contributed by atoms with Crippen LogP contribution in [0.3, 0.4) is 0 Å². The van der Waals surface area contributed by atoms with Gasteiger partial charge in [-0.2, -0.15) is 0 Å². The summed E-state index contributed by atoms with van der Waals surface area (Å²) in [5.74, 6) is -0.0610. The first-order valence-electron chi connectivity index (χ1n) is 2.82. The quantitative estimate of drug-likeness (QED) is 0.459. The molecule has 1 N–H and O–H groups in total. The van der Waals surface area contributed by atoms with Crippen molar-refractivity contribution >= 4 is 34.9 Å². The minimum Gasteiger partial charge on any atom is -0.277 e. The van der Waals surface area contributed by atoms with Gasteiger partial charge < -0.3 is 0 Å². The van der Waals surface area contributed by atoms with Crippen LogP contribution in [0.5, 0.6) is 0 Å². The third kappa shape index (κ3) is 1.57. The Kier molecular flexibility index (Phi) is 2.67. The van der Waals surface area contributed by atoms with Gasteiger partial charge in [0.15, 0.2) is 0 Å². The van der Waals surface area contributed by atoms with Crippen LogP contribution in [0, 0.1) is 10.1 Å². The van der Waals surface area contributed by atoms with E-state index in [4.69, 9.17) is 23.4 Å². The Morgan fingerprint density at radius 2 is 2.33 bits per heavy atom. The topological polar surface area (TPSA) is 68.1 Å². The van der Waals surface area contributed by atoms with Crippen LogP contribution >= 0.6 is 23.4 Å². The number of hydrogen-bond donors (Lipinski definition) is 1. The molecular weight excluding hydrogens is 205 g/mol. The molecule has 0 fully saturated rings. The molecule has 7 heteroatoms. The summed E-state index contributed by atoms with van der Waals surface area (Å²) >= 11 is 10.7. The van der Waals surface area contributed by atoms with Crippen LogP contribution in [0.25, 0.3) is 0 Å². The Hall–Kier alpha value is -1.07. The first-order chi connectivity index (χ1) is 5.66. The van der Waals surface area contributed by atoms with Gasteiger partial charge in [0.05, 0.1) is 4.92 Å². The average molecular weight is 208 g/mol. The molecule has 1 aromatic heterocycles. The maximum Gasteiger partial charge on any atom is 0.331 e. The monoisotopic (exact) mass is 207 g/mol. The summed E-state index contributed by atoms with van der Waals surface area (Å²) in [5.41, 5.74) is -0.325. The number of rotatable bonds is 2. The summed E-state index contributed by atoms with van der Waals surface area (Å²) in [5, 5.41) is 10.4. The van der Waals surface area contributed by atoms with E-state index in [1.54, 1.807) is 0 Å². The molecule has 1 heterocycles. The normalized spacial score (nSPS) is 9.50. The zero-order valence-corrected chi connectivity index (χ0v) is 7.13. The molecule has 64 valence electrons. The fourth-order valence-electron chi connectivity index (χ4n) is 0.673. The van der Waals surface area contributed by atoms with Crippen LogP contribution in [0.4, 0.5) is 11.5 Å². The molecule has 0 bridgehead atoms. The van der Waals surface area contributed by atoms with Crippen molar-refractivity contribution in [1.29, 1.82) is 0 Å². The standard InChI is InChI=1S/C5H3Cl2N3O2/c6-3-1-2-8-5(9-7)4(3)10(11)12/h1-2H,(H,8,9). The van der Waals surface area contributed by atoms with Crippen LogP contribution in [0.1, 0.15) is 0 Å². The van der Waals surface area contributed by atoms with E-state index in [1.165, 1.54) is 12.3 Å². The van der Waals surface area contributed by atoms with Crippen molar-refractivity contribution in [3.63, 3.8) is 0 Å². The number of hydrogen-bond acceptors (Lipinski definition) is 4. The van der Waals surface area contributed by atoms with Crippen LogP contribution in [0.15, 0.2) is 12.3 Å². The average Bonchev–Trinajstić information content (AvgIpc) is 2.03. The van der Waals surface area contributed by atoms with Crippen molar-refractivity contribution in [3.05, 3.63) is 27.4 Å². The zero-order chi connectivity index (χ0) is 9.14. The van der Waals surface area contributed by atoms with Gasteiger partial charge in [-0.15, -0.1) is 0 Å². The smallest absolute Gasteiger partial charge is 0.277 e. The second-order valence-corrected chi connectivity index (χ2v) is 2.44. The van der Waals surface area contributed by atoms with E-state index in [0.717, 1.165) is 0 Å². The number of nitrogens with one attached hydrogen (secondary N) is 1. The molecule has 0 saturated carbocycles. The summed E-state index contributed by atoms with van der Waals surface area (Å²) in [6.07, 6.45) is 1.32. The molecule has 0 amide bonds. The Balaban J connectivity index is 3.29. The molecule has 12 heavy (non-hydrogen) atoms. The number of halogens is 2. The van der Waals surface area contributed by atoms with E-state index in [1.807, 2.05) is 0 Å².